The molecule has 5 heteroatoms. The second-order valence-electron chi connectivity index (χ2n) is 8.81. The van der Waals surface area contributed by atoms with E-state index in [1.54, 1.807) is 0 Å². The number of unbranched alkanes of at least 4 members (excludes halogenated alkanes) is 14. The molecule has 0 amide bonds. The van der Waals surface area contributed by atoms with Crippen LogP contribution in [0.3, 0.4) is 0 Å². The van der Waals surface area contributed by atoms with Gasteiger partial charge >= 0.3 is 0 Å². The van der Waals surface area contributed by atoms with Crippen LogP contribution in [0.1, 0.15) is 103 Å². The van der Waals surface area contributed by atoms with Crippen molar-refractivity contribution in [2.45, 2.75) is 128 Å². The fourth-order valence-corrected chi connectivity index (χ4v) is 4.02. The molecule has 0 radical (unpaired) electrons. The molecule has 0 aromatic heterocycles. The van der Waals surface area contributed by atoms with Gasteiger partial charge in [0.05, 0.1) is 13.2 Å². The van der Waals surface area contributed by atoms with E-state index < -0.39 is 24.4 Å². The summed E-state index contributed by atoms with van der Waals surface area (Å²) < 4.78 is 10.7. The van der Waals surface area contributed by atoms with E-state index in [2.05, 4.69) is 19.1 Å². The van der Waals surface area contributed by atoms with E-state index in [0.29, 0.717) is 6.61 Å². The van der Waals surface area contributed by atoms with Crippen molar-refractivity contribution in [2.75, 3.05) is 19.8 Å². The van der Waals surface area contributed by atoms with E-state index in [4.69, 9.17) is 9.47 Å². The number of aliphatic hydroxyl groups excluding tert-OH is 3. The second-order valence-corrected chi connectivity index (χ2v) is 8.81. The van der Waals surface area contributed by atoms with Crippen molar-refractivity contribution >= 4 is 0 Å². The Labute approximate surface area is 184 Å². The van der Waals surface area contributed by atoms with Gasteiger partial charge in [-0.05, 0) is 26.2 Å². The number of aliphatic hydroxyl groups is 3. The quantitative estimate of drug-likeness (QED) is 0.190. The average molecular weight is 429 g/mol. The molecule has 1 aliphatic heterocycles. The van der Waals surface area contributed by atoms with Gasteiger partial charge in [0.1, 0.15) is 24.4 Å². The van der Waals surface area contributed by atoms with Crippen LogP contribution < -0.4 is 0 Å². The molecule has 1 fully saturated rings. The highest BCUT2D eigenvalue weighted by molar-refractivity contribution is 4.87. The van der Waals surface area contributed by atoms with Crippen molar-refractivity contribution in [3.63, 3.8) is 0 Å². The van der Waals surface area contributed by atoms with Gasteiger partial charge in [0.25, 0.3) is 0 Å². The fourth-order valence-electron chi connectivity index (χ4n) is 4.02. The lowest BCUT2D eigenvalue weighted by molar-refractivity contribution is -0.0813. The number of rotatable bonds is 20. The summed E-state index contributed by atoms with van der Waals surface area (Å²) in [4.78, 5) is 0. The second kappa shape index (κ2) is 19.2. The first-order chi connectivity index (χ1) is 14.7. The van der Waals surface area contributed by atoms with Crippen molar-refractivity contribution in [3.05, 3.63) is 12.2 Å². The Morgan fingerprint density at radius 1 is 0.833 bits per heavy atom. The average Bonchev–Trinajstić information content (AvgIpc) is 3.08. The van der Waals surface area contributed by atoms with Crippen LogP contribution in [0.25, 0.3) is 0 Å². The maximum Gasteiger partial charge on any atom is 0.114 e. The molecule has 0 aromatic rings. The van der Waals surface area contributed by atoms with Gasteiger partial charge in [0, 0.05) is 6.61 Å². The molecule has 0 saturated carbocycles. The Balaban J connectivity index is 1.74. The van der Waals surface area contributed by atoms with Gasteiger partial charge in [-0.1, -0.05) is 89.2 Å². The third-order valence-electron chi connectivity index (χ3n) is 6.00. The van der Waals surface area contributed by atoms with Crippen molar-refractivity contribution in [1.29, 1.82) is 0 Å². The van der Waals surface area contributed by atoms with E-state index in [1.165, 1.54) is 83.5 Å². The van der Waals surface area contributed by atoms with E-state index in [0.717, 1.165) is 12.8 Å². The molecule has 1 rings (SSSR count). The van der Waals surface area contributed by atoms with E-state index in [9.17, 15) is 15.3 Å². The van der Waals surface area contributed by atoms with Gasteiger partial charge in [-0.2, -0.15) is 0 Å². The van der Waals surface area contributed by atoms with Crippen LogP contribution in [0.5, 0.6) is 0 Å². The van der Waals surface area contributed by atoms with Crippen molar-refractivity contribution in [3.8, 4) is 0 Å². The Morgan fingerprint density at radius 2 is 1.33 bits per heavy atom. The van der Waals surface area contributed by atoms with E-state index in [-0.39, 0.29) is 13.2 Å². The zero-order valence-electron chi connectivity index (χ0n) is 19.4. The van der Waals surface area contributed by atoms with Crippen LogP contribution in [-0.4, -0.2) is 59.6 Å². The molecule has 0 aliphatic carbocycles. The molecule has 0 bridgehead atoms. The topological polar surface area (TPSA) is 79.2 Å². The van der Waals surface area contributed by atoms with Gasteiger partial charge in [-0.15, -0.1) is 0 Å². The van der Waals surface area contributed by atoms with Crippen molar-refractivity contribution in [2.24, 2.45) is 0 Å². The van der Waals surface area contributed by atoms with Crippen LogP contribution >= 0.6 is 0 Å². The lowest BCUT2D eigenvalue weighted by Gasteiger charge is -2.20. The number of hydrogen-bond donors (Lipinski definition) is 3. The van der Waals surface area contributed by atoms with Crippen LogP contribution in [0, 0.1) is 0 Å². The highest BCUT2D eigenvalue weighted by Crippen LogP contribution is 2.18. The number of ether oxygens (including phenoxy) is 2. The molecule has 178 valence electrons. The third kappa shape index (κ3) is 13.8. The van der Waals surface area contributed by atoms with Crippen LogP contribution in [0.2, 0.25) is 0 Å². The minimum Gasteiger partial charge on any atom is -0.388 e. The summed E-state index contributed by atoms with van der Waals surface area (Å²) in [5, 5.41) is 29.1. The van der Waals surface area contributed by atoms with Crippen LogP contribution in [0.4, 0.5) is 0 Å². The predicted molar refractivity (Wildman–Crippen MR) is 123 cm³/mol. The standard InChI is InChI=1S/C25H48O5/c1-2-3-4-5-6-7-8-9-10-11-12-13-14-15-16-17-18-19-29-20-23(27)25-24(28)22(26)21-30-25/h2-3,22-28H,4-21H2,1H3/b3-2+/t22-,23+,24-,25-/m0/s1. The summed E-state index contributed by atoms with van der Waals surface area (Å²) >= 11 is 0. The Kier molecular flexibility index (Phi) is 17.7. The summed E-state index contributed by atoms with van der Waals surface area (Å²) in [6.07, 6.45) is 20.6. The SMILES string of the molecule is C/C=C/CCCCCCCCCCCCCCCCOC[C@@H](O)[C@@H]1OC[C@H](O)[C@@H]1O. The fraction of sp³-hybridized carbons (Fsp3) is 0.920. The molecular formula is C25H48O5. The summed E-state index contributed by atoms with van der Waals surface area (Å²) in [6, 6.07) is 0. The normalized spacial score (nSPS) is 22.9. The smallest absolute Gasteiger partial charge is 0.114 e. The van der Waals surface area contributed by atoms with Crippen molar-refractivity contribution < 1.29 is 24.8 Å². The van der Waals surface area contributed by atoms with Gasteiger partial charge < -0.3 is 24.8 Å². The summed E-state index contributed by atoms with van der Waals surface area (Å²) in [7, 11) is 0. The van der Waals surface area contributed by atoms with Crippen LogP contribution in [-0.2, 0) is 9.47 Å². The summed E-state index contributed by atoms with van der Waals surface area (Å²) in [6.45, 7) is 2.93. The molecule has 3 N–H and O–H groups in total. The summed E-state index contributed by atoms with van der Waals surface area (Å²) in [5.74, 6) is 0. The van der Waals surface area contributed by atoms with Crippen molar-refractivity contribution in [1.82, 2.24) is 0 Å². The van der Waals surface area contributed by atoms with Gasteiger partial charge in [-0.3, -0.25) is 0 Å². The van der Waals surface area contributed by atoms with Gasteiger partial charge in [0.2, 0.25) is 0 Å². The highest BCUT2D eigenvalue weighted by atomic mass is 16.5. The molecule has 5 nitrogen and oxygen atoms in total. The first-order valence-electron chi connectivity index (χ1n) is 12.5. The predicted octanol–water partition coefficient (Wildman–Crippen LogP) is 4.91. The molecule has 1 heterocycles. The summed E-state index contributed by atoms with van der Waals surface area (Å²) in [5.41, 5.74) is 0. The monoisotopic (exact) mass is 428 g/mol. The Bertz CT molecular complexity index is 401. The largest absolute Gasteiger partial charge is 0.388 e. The lowest BCUT2D eigenvalue weighted by atomic mass is 10.0. The highest BCUT2D eigenvalue weighted by Gasteiger charge is 2.39. The van der Waals surface area contributed by atoms with E-state index >= 15 is 0 Å². The number of allylic oxidation sites excluding steroid dienone is 2. The molecule has 0 spiro atoms. The molecule has 1 aliphatic rings. The minimum absolute atomic E-state index is 0.0697. The molecule has 30 heavy (non-hydrogen) atoms. The zero-order chi connectivity index (χ0) is 21.9. The van der Waals surface area contributed by atoms with E-state index in [1.807, 2.05) is 0 Å². The minimum atomic E-state index is -1.03. The maximum atomic E-state index is 9.96. The first kappa shape index (κ1) is 27.6. The Morgan fingerprint density at radius 3 is 1.80 bits per heavy atom. The lowest BCUT2D eigenvalue weighted by Crippen LogP contribution is -2.40. The number of hydrogen-bond acceptors (Lipinski definition) is 5. The maximum absolute atomic E-state index is 9.96. The molecule has 0 unspecified atom stereocenters. The van der Waals surface area contributed by atoms with Gasteiger partial charge in [0.15, 0.2) is 0 Å². The first-order valence-corrected chi connectivity index (χ1v) is 12.5. The molecule has 4 atom stereocenters. The van der Waals surface area contributed by atoms with Gasteiger partial charge in [-0.25, -0.2) is 0 Å². The molecule has 0 aromatic carbocycles. The van der Waals surface area contributed by atoms with Crippen LogP contribution in [0.15, 0.2) is 12.2 Å². The third-order valence-corrected chi connectivity index (χ3v) is 6.00. The Hall–Kier alpha value is -0.460. The molecule has 1 saturated heterocycles. The zero-order valence-corrected chi connectivity index (χ0v) is 19.4. The molecular weight excluding hydrogens is 380 g/mol.